The minimum absolute atomic E-state index is 0.0416. The highest BCUT2D eigenvalue weighted by atomic mass is 32.2. The van der Waals surface area contributed by atoms with Crippen LogP contribution in [0.5, 0.6) is 5.75 Å². The van der Waals surface area contributed by atoms with Gasteiger partial charge in [0.1, 0.15) is 5.75 Å². The lowest BCUT2D eigenvalue weighted by molar-refractivity contribution is 0.217. The monoisotopic (exact) mass is 286 g/mol. The van der Waals surface area contributed by atoms with E-state index in [1.54, 1.807) is 25.2 Å². The quantitative estimate of drug-likeness (QED) is 0.765. The molecule has 0 aliphatic carbocycles. The van der Waals surface area contributed by atoms with Crippen LogP contribution < -0.4 is 14.8 Å². The Bertz CT molecular complexity index is 488. The molecule has 0 aliphatic rings. The Morgan fingerprint density at radius 1 is 1.37 bits per heavy atom. The summed E-state index contributed by atoms with van der Waals surface area (Å²) in [5.41, 5.74) is 0.525. The molecule has 1 unspecified atom stereocenters. The van der Waals surface area contributed by atoms with Crippen LogP contribution in [0.1, 0.15) is 20.3 Å². The second kappa shape index (κ2) is 7.35. The molecular formula is C13H22N2O3S. The highest BCUT2D eigenvalue weighted by Crippen LogP contribution is 2.20. The van der Waals surface area contributed by atoms with Crippen molar-refractivity contribution in [3.05, 3.63) is 24.3 Å². The van der Waals surface area contributed by atoms with Crippen LogP contribution in [-0.4, -0.2) is 33.9 Å². The normalized spacial score (nSPS) is 13.0. The van der Waals surface area contributed by atoms with Gasteiger partial charge < -0.3 is 10.1 Å². The van der Waals surface area contributed by atoms with Gasteiger partial charge in [-0.25, -0.2) is 8.42 Å². The number of hydrogen-bond donors (Lipinski definition) is 2. The van der Waals surface area contributed by atoms with E-state index in [9.17, 15) is 8.42 Å². The molecule has 0 amide bonds. The van der Waals surface area contributed by atoms with Crippen LogP contribution in [0.4, 0.5) is 5.69 Å². The Kier molecular flexibility index (Phi) is 6.11. The van der Waals surface area contributed by atoms with E-state index in [0.29, 0.717) is 18.0 Å². The van der Waals surface area contributed by atoms with Crippen LogP contribution in [0.25, 0.3) is 0 Å². The summed E-state index contributed by atoms with van der Waals surface area (Å²) in [5.74, 6) is 0.711. The van der Waals surface area contributed by atoms with Crippen LogP contribution in [0.15, 0.2) is 24.3 Å². The molecule has 0 aliphatic heterocycles. The molecular weight excluding hydrogens is 264 g/mol. The van der Waals surface area contributed by atoms with Crippen LogP contribution in [0.2, 0.25) is 0 Å². The van der Waals surface area contributed by atoms with Crippen LogP contribution in [-0.2, 0) is 10.0 Å². The summed E-state index contributed by atoms with van der Waals surface area (Å²) in [7, 11) is -1.60. The molecule has 0 heterocycles. The van der Waals surface area contributed by atoms with Gasteiger partial charge in [0.2, 0.25) is 10.0 Å². The van der Waals surface area contributed by atoms with Crippen molar-refractivity contribution in [2.75, 3.05) is 24.1 Å². The molecule has 19 heavy (non-hydrogen) atoms. The Morgan fingerprint density at radius 3 is 2.74 bits per heavy atom. The fraction of sp³-hybridized carbons (Fsp3) is 0.538. The number of benzene rings is 1. The molecule has 0 fully saturated rings. The first-order valence-electron chi connectivity index (χ1n) is 6.38. The Balaban J connectivity index is 2.71. The second-order valence-corrected chi connectivity index (χ2v) is 6.23. The van der Waals surface area contributed by atoms with Gasteiger partial charge in [-0.05, 0) is 32.5 Å². The molecule has 5 nitrogen and oxygen atoms in total. The van der Waals surface area contributed by atoms with Gasteiger partial charge in [-0.3, -0.25) is 4.72 Å². The average Bonchev–Trinajstić information content (AvgIpc) is 2.36. The van der Waals surface area contributed by atoms with E-state index >= 15 is 0 Å². The van der Waals surface area contributed by atoms with E-state index < -0.39 is 10.0 Å². The zero-order chi connectivity index (χ0) is 14.3. The summed E-state index contributed by atoms with van der Waals surface area (Å²) >= 11 is 0. The number of ether oxygens (including phenoxy) is 1. The van der Waals surface area contributed by atoms with Crippen molar-refractivity contribution in [1.82, 2.24) is 5.32 Å². The van der Waals surface area contributed by atoms with Gasteiger partial charge in [-0.2, -0.15) is 0 Å². The zero-order valence-corrected chi connectivity index (χ0v) is 12.5. The maximum absolute atomic E-state index is 11.8. The first-order valence-corrected chi connectivity index (χ1v) is 8.04. The molecule has 0 radical (unpaired) electrons. The Labute approximate surface area is 115 Å². The van der Waals surface area contributed by atoms with Crippen molar-refractivity contribution >= 4 is 15.7 Å². The predicted molar refractivity (Wildman–Crippen MR) is 78.2 cm³/mol. The standard InChI is InChI=1S/C13H22N2O3S/c1-4-11(2)18-13-7-5-6-12(10-13)15-19(16,17)9-8-14-3/h5-7,10-11,14-15H,4,8-9H2,1-3H3. The van der Waals surface area contributed by atoms with Gasteiger partial charge in [0, 0.05) is 12.6 Å². The van der Waals surface area contributed by atoms with Gasteiger partial charge in [-0.15, -0.1) is 0 Å². The third-order valence-corrected chi connectivity index (χ3v) is 3.93. The van der Waals surface area contributed by atoms with Crippen LogP contribution in [0.3, 0.4) is 0 Å². The molecule has 1 rings (SSSR count). The van der Waals surface area contributed by atoms with Crippen LogP contribution in [0, 0.1) is 0 Å². The smallest absolute Gasteiger partial charge is 0.233 e. The van der Waals surface area contributed by atoms with Crippen molar-refractivity contribution in [2.24, 2.45) is 0 Å². The van der Waals surface area contributed by atoms with Crippen molar-refractivity contribution in [3.63, 3.8) is 0 Å². The summed E-state index contributed by atoms with van der Waals surface area (Å²) in [6.07, 6.45) is 1.01. The number of hydrogen-bond acceptors (Lipinski definition) is 4. The number of sulfonamides is 1. The Hall–Kier alpha value is -1.27. The number of nitrogens with one attached hydrogen (secondary N) is 2. The highest BCUT2D eigenvalue weighted by Gasteiger charge is 2.10. The fourth-order valence-electron chi connectivity index (χ4n) is 1.42. The van der Waals surface area contributed by atoms with E-state index in [2.05, 4.69) is 10.0 Å². The number of anilines is 1. The average molecular weight is 286 g/mol. The molecule has 1 aromatic rings. The third-order valence-electron chi connectivity index (χ3n) is 2.64. The predicted octanol–water partition coefficient (Wildman–Crippen LogP) is 1.82. The maximum Gasteiger partial charge on any atom is 0.233 e. The van der Waals surface area contributed by atoms with Crippen molar-refractivity contribution in [2.45, 2.75) is 26.4 Å². The SMILES string of the molecule is CCC(C)Oc1cccc(NS(=O)(=O)CCNC)c1. The van der Waals surface area contributed by atoms with Crippen molar-refractivity contribution in [1.29, 1.82) is 0 Å². The molecule has 0 spiro atoms. The van der Waals surface area contributed by atoms with Crippen molar-refractivity contribution < 1.29 is 13.2 Å². The summed E-state index contributed by atoms with van der Waals surface area (Å²) in [5, 5.41) is 2.81. The second-order valence-electron chi connectivity index (χ2n) is 4.39. The Morgan fingerprint density at radius 2 is 2.11 bits per heavy atom. The van der Waals surface area contributed by atoms with Crippen molar-refractivity contribution in [3.8, 4) is 5.75 Å². The summed E-state index contributed by atoms with van der Waals surface area (Å²) in [6, 6.07) is 6.99. The van der Waals surface area contributed by atoms with E-state index in [1.165, 1.54) is 0 Å². The molecule has 6 heteroatoms. The van der Waals surface area contributed by atoms with Crippen LogP contribution >= 0.6 is 0 Å². The molecule has 0 saturated heterocycles. The van der Waals surface area contributed by atoms with Gasteiger partial charge in [0.25, 0.3) is 0 Å². The lowest BCUT2D eigenvalue weighted by atomic mass is 10.3. The maximum atomic E-state index is 11.8. The zero-order valence-electron chi connectivity index (χ0n) is 11.6. The minimum Gasteiger partial charge on any atom is -0.491 e. The molecule has 0 bridgehead atoms. The lowest BCUT2D eigenvalue weighted by Crippen LogP contribution is -2.24. The van der Waals surface area contributed by atoms with E-state index in [0.717, 1.165) is 6.42 Å². The van der Waals surface area contributed by atoms with E-state index in [4.69, 9.17) is 4.74 Å². The summed E-state index contributed by atoms with van der Waals surface area (Å²) in [6.45, 7) is 4.43. The van der Waals surface area contributed by atoms with Gasteiger partial charge in [0.15, 0.2) is 0 Å². The van der Waals surface area contributed by atoms with Gasteiger partial charge >= 0.3 is 0 Å². The summed E-state index contributed by atoms with van der Waals surface area (Å²) in [4.78, 5) is 0. The molecule has 1 aromatic carbocycles. The van der Waals surface area contributed by atoms with Gasteiger partial charge in [0.05, 0.1) is 17.5 Å². The fourth-order valence-corrected chi connectivity index (χ4v) is 2.48. The first kappa shape index (κ1) is 15.8. The van der Waals surface area contributed by atoms with Gasteiger partial charge in [-0.1, -0.05) is 13.0 Å². The highest BCUT2D eigenvalue weighted by molar-refractivity contribution is 7.92. The first-order chi connectivity index (χ1) is 8.96. The molecule has 108 valence electrons. The minimum atomic E-state index is -3.32. The largest absolute Gasteiger partial charge is 0.491 e. The third kappa shape index (κ3) is 5.94. The summed E-state index contributed by atoms with van der Waals surface area (Å²) < 4.78 is 31.7. The van der Waals surface area contributed by atoms with E-state index in [1.807, 2.05) is 19.9 Å². The molecule has 1 atom stereocenters. The van der Waals surface area contributed by atoms with E-state index in [-0.39, 0.29) is 11.9 Å². The molecule has 2 N–H and O–H groups in total. The molecule has 0 saturated carbocycles. The topological polar surface area (TPSA) is 67.4 Å². The number of rotatable bonds is 8. The lowest BCUT2D eigenvalue weighted by Gasteiger charge is -2.14. The molecule has 0 aromatic heterocycles.